The summed E-state index contributed by atoms with van der Waals surface area (Å²) in [6, 6.07) is 10.1. The first-order valence-electron chi connectivity index (χ1n) is 6.09. The fraction of sp³-hybridized carbons (Fsp3) is 0.125. The number of para-hydroxylation sites is 1. The molecule has 0 saturated carbocycles. The lowest BCUT2D eigenvalue weighted by Gasteiger charge is -2.07. The summed E-state index contributed by atoms with van der Waals surface area (Å²) in [6.45, 7) is 0. The molecule has 3 rings (SSSR count). The van der Waals surface area contributed by atoms with Crippen molar-refractivity contribution in [1.29, 1.82) is 0 Å². The molecule has 0 N–H and O–H groups in total. The Labute approximate surface area is 106 Å². The number of rotatable bonds is 1. The Hall–Kier alpha value is -2.22. The van der Waals surface area contributed by atoms with Crippen LogP contribution in [0.2, 0.25) is 0 Å². The summed E-state index contributed by atoms with van der Waals surface area (Å²) in [5.74, 6) is 0.120. The maximum Gasteiger partial charge on any atom is 0.181 e. The normalized spacial score (nSPS) is 17.6. The van der Waals surface area contributed by atoms with Crippen molar-refractivity contribution >= 4 is 22.8 Å². The Bertz CT molecular complexity index is 668. The van der Waals surface area contributed by atoms with Crippen LogP contribution < -0.4 is 0 Å². The second-order valence-electron chi connectivity index (χ2n) is 4.44. The highest BCUT2D eigenvalue weighted by molar-refractivity contribution is 6.07. The van der Waals surface area contributed by atoms with Crippen molar-refractivity contribution in [3.63, 3.8) is 0 Å². The quantitative estimate of drug-likeness (QED) is 0.708. The Morgan fingerprint density at radius 2 is 2.11 bits per heavy atom. The number of ketones is 1. The van der Waals surface area contributed by atoms with Crippen molar-refractivity contribution in [3.05, 3.63) is 59.8 Å². The smallest absolute Gasteiger partial charge is 0.181 e. The zero-order chi connectivity index (χ0) is 12.4. The van der Waals surface area contributed by atoms with Gasteiger partial charge in [0.15, 0.2) is 5.78 Å². The molecule has 1 heterocycles. The topological polar surface area (TPSA) is 30.0 Å². The van der Waals surface area contributed by atoms with Crippen molar-refractivity contribution in [2.75, 3.05) is 0 Å². The number of hydrogen-bond donors (Lipinski definition) is 0. The van der Waals surface area contributed by atoms with E-state index in [1.807, 2.05) is 42.6 Å². The third kappa shape index (κ3) is 2.09. The number of aromatic nitrogens is 1. The minimum absolute atomic E-state index is 0.120. The summed E-state index contributed by atoms with van der Waals surface area (Å²) >= 11 is 0. The molecule has 0 amide bonds. The van der Waals surface area contributed by atoms with Crippen LogP contribution in [0.5, 0.6) is 0 Å². The van der Waals surface area contributed by atoms with Crippen molar-refractivity contribution in [2.24, 2.45) is 0 Å². The van der Waals surface area contributed by atoms with Gasteiger partial charge in [-0.1, -0.05) is 24.3 Å². The van der Waals surface area contributed by atoms with Gasteiger partial charge in [-0.3, -0.25) is 9.78 Å². The van der Waals surface area contributed by atoms with Crippen molar-refractivity contribution in [2.45, 2.75) is 12.8 Å². The molecule has 0 saturated heterocycles. The molecule has 0 fully saturated rings. The number of carbonyl (C=O) groups excluding carboxylic acids is 1. The molecule has 1 aromatic heterocycles. The van der Waals surface area contributed by atoms with Gasteiger partial charge in [0.2, 0.25) is 0 Å². The maximum absolute atomic E-state index is 11.7. The summed E-state index contributed by atoms with van der Waals surface area (Å²) in [7, 11) is 0. The van der Waals surface area contributed by atoms with Gasteiger partial charge in [0, 0.05) is 17.2 Å². The van der Waals surface area contributed by atoms with Crippen LogP contribution in [0.25, 0.3) is 17.0 Å². The van der Waals surface area contributed by atoms with E-state index in [0.717, 1.165) is 34.9 Å². The van der Waals surface area contributed by atoms with E-state index in [0.29, 0.717) is 0 Å². The fourth-order valence-electron chi connectivity index (χ4n) is 2.17. The number of allylic oxidation sites excluding steroid dienone is 3. The van der Waals surface area contributed by atoms with Gasteiger partial charge in [-0.05, 0) is 42.7 Å². The van der Waals surface area contributed by atoms with Crippen LogP contribution in [-0.2, 0) is 4.79 Å². The van der Waals surface area contributed by atoms with Crippen LogP contribution in [0.4, 0.5) is 0 Å². The summed E-state index contributed by atoms with van der Waals surface area (Å²) in [6.07, 6.45) is 9.12. The van der Waals surface area contributed by atoms with Gasteiger partial charge in [-0.25, -0.2) is 0 Å². The van der Waals surface area contributed by atoms with Gasteiger partial charge in [-0.15, -0.1) is 0 Å². The molecule has 0 bridgehead atoms. The molecular formula is C16H13NO. The molecule has 88 valence electrons. The second-order valence-corrected chi connectivity index (χ2v) is 4.44. The van der Waals surface area contributed by atoms with Gasteiger partial charge in [0.1, 0.15) is 0 Å². The molecule has 2 heteroatoms. The van der Waals surface area contributed by atoms with Crippen LogP contribution >= 0.6 is 0 Å². The highest BCUT2D eigenvalue weighted by Gasteiger charge is 2.09. The lowest BCUT2D eigenvalue weighted by molar-refractivity contribution is -0.111. The van der Waals surface area contributed by atoms with E-state index in [1.54, 1.807) is 6.08 Å². The van der Waals surface area contributed by atoms with Crippen LogP contribution in [0, 0.1) is 0 Å². The van der Waals surface area contributed by atoms with Crippen LogP contribution in [0.15, 0.2) is 54.3 Å². The zero-order valence-corrected chi connectivity index (χ0v) is 9.97. The number of fused-ring (bicyclic) bond motifs is 1. The van der Waals surface area contributed by atoms with E-state index in [1.165, 1.54) is 0 Å². The molecular weight excluding hydrogens is 222 g/mol. The number of benzene rings is 1. The Balaban J connectivity index is 2.02. The zero-order valence-electron chi connectivity index (χ0n) is 9.97. The highest BCUT2D eigenvalue weighted by atomic mass is 16.1. The molecule has 0 radical (unpaired) electrons. The first kappa shape index (κ1) is 10.9. The molecule has 2 aromatic rings. The monoisotopic (exact) mass is 235 g/mol. The molecule has 0 unspecified atom stereocenters. The molecule has 0 spiro atoms. The lowest BCUT2D eigenvalue weighted by Crippen LogP contribution is -2.02. The first-order chi connectivity index (χ1) is 8.83. The average molecular weight is 235 g/mol. The first-order valence-corrected chi connectivity index (χ1v) is 6.09. The number of hydrogen-bond acceptors (Lipinski definition) is 2. The molecule has 1 aromatic carbocycles. The fourth-order valence-corrected chi connectivity index (χ4v) is 2.17. The second kappa shape index (κ2) is 4.57. The highest BCUT2D eigenvalue weighted by Crippen LogP contribution is 2.19. The van der Waals surface area contributed by atoms with Crippen LogP contribution in [-0.4, -0.2) is 10.8 Å². The molecule has 2 nitrogen and oxygen atoms in total. The third-order valence-electron chi connectivity index (χ3n) is 3.12. The molecule has 18 heavy (non-hydrogen) atoms. The van der Waals surface area contributed by atoms with Crippen molar-refractivity contribution in [1.82, 2.24) is 4.98 Å². The molecule has 1 aliphatic carbocycles. The van der Waals surface area contributed by atoms with Gasteiger partial charge < -0.3 is 0 Å². The Kier molecular flexibility index (Phi) is 2.77. The standard InChI is InChI=1S/C16H13NO/c18-16-8-4-2-6-14(16)10-12-9-13-5-1-3-7-15(13)17-11-12/h1,3-5,7-11H,2,6H2/b14-10+. The van der Waals surface area contributed by atoms with E-state index in [4.69, 9.17) is 0 Å². The molecule has 0 aliphatic heterocycles. The summed E-state index contributed by atoms with van der Waals surface area (Å²) in [5.41, 5.74) is 2.84. The number of carbonyl (C=O) groups is 1. The SMILES string of the molecule is O=C1C=CCC/C1=C\c1cnc2ccccc2c1. The number of nitrogens with zero attached hydrogens (tertiary/aromatic N) is 1. The largest absolute Gasteiger partial charge is 0.290 e. The van der Waals surface area contributed by atoms with E-state index in [9.17, 15) is 4.79 Å². The van der Waals surface area contributed by atoms with Gasteiger partial charge in [0.05, 0.1) is 5.52 Å². The van der Waals surface area contributed by atoms with Crippen LogP contribution in [0.3, 0.4) is 0 Å². The van der Waals surface area contributed by atoms with Gasteiger partial charge in [0.25, 0.3) is 0 Å². The van der Waals surface area contributed by atoms with E-state index < -0.39 is 0 Å². The average Bonchev–Trinajstić information content (AvgIpc) is 2.41. The molecule has 1 aliphatic rings. The number of pyridine rings is 1. The minimum Gasteiger partial charge on any atom is -0.290 e. The van der Waals surface area contributed by atoms with Crippen molar-refractivity contribution < 1.29 is 4.79 Å². The van der Waals surface area contributed by atoms with E-state index >= 15 is 0 Å². The lowest BCUT2D eigenvalue weighted by atomic mass is 9.97. The maximum atomic E-state index is 11.7. The Morgan fingerprint density at radius 1 is 1.22 bits per heavy atom. The predicted molar refractivity (Wildman–Crippen MR) is 73.1 cm³/mol. The summed E-state index contributed by atoms with van der Waals surface area (Å²) in [4.78, 5) is 16.1. The minimum atomic E-state index is 0.120. The summed E-state index contributed by atoms with van der Waals surface area (Å²) in [5, 5.41) is 1.10. The third-order valence-corrected chi connectivity index (χ3v) is 3.12. The predicted octanol–water partition coefficient (Wildman–Crippen LogP) is 3.54. The summed E-state index contributed by atoms with van der Waals surface area (Å²) < 4.78 is 0. The van der Waals surface area contributed by atoms with Crippen LogP contribution in [0.1, 0.15) is 18.4 Å². The van der Waals surface area contributed by atoms with Gasteiger partial charge in [-0.2, -0.15) is 0 Å². The molecule has 0 atom stereocenters. The van der Waals surface area contributed by atoms with E-state index in [-0.39, 0.29) is 5.78 Å². The Morgan fingerprint density at radius 3 is 3.00 bits per heavy atom. The van der Waals surface area contributed by atoms with Gasteiger partial charge >= 0.3 is 0 Å². The van der Waals surface area contributed by atoms with E-state index in [2.05, 4.69) is 11.1 Å². The van der Waals surface area contributed by atoms with Crippen molar-refractivity contribution in [3.8, 4) is 0 Å².